The highest BCUT2D eigenvalue weighted by atomic mass is 15.4. The molecule has 0 aromatic carbocycles. The number of aromatic nitrogens is 3. The van der Waals surface area contributed by atoms with Crippen molar-refractivity contribution in [3.63, 3.8) is 0 Å². The van der Waals surface area contributed by atoms with Gasteiger partial charge in [-0.1, -0.05) is 5.21 Å². The van der Waals surface area contributed by atoms with Gasteiger partial charge in [-0.25, -0.2) is 0 Å². The molecule has 0 bridgehead atoms. The van der Waals surface area contributed by atoms with Crippen LogP contribution in [-0.4, -0.2) is 21.0 Å². The van der Waals surface area contributed by atoms with Gasteiger partial charge in [0.25, 0.3) is 0 Å². The predicted octanol–water partition coefficient (Wildman–Crippen LogP) is 0.0671. The topological polar surface area (TPSA) is 42.7 Å². The first-order chi connectivity index (χ1) is 5.34. The Bertz CT molecular complexity index is 238. The van der Waals surface area contributed by atoms with Crippen LogP contribution in [0.2, 0.25) is 0 Å². The lowest BCUT2D eigenvalue weighted by Gasteiger charge is -1.95. The van der Waals surface area contributed by atoms with E-state index in [-0.39, 0.29) is 0 Å². The van der Waals surface area contributed by atoms with E-state index in [1.54, 1.807) is 4.68 Å². The maximum absolute atomic E-state index is 3.97. The zero-order valence-electron chi connectivity index (χ0n) is 6.62. The molecule has 1 heterocycles. The van der Waals surface area contributed by atoms with Gasteiger partial charge in [0.2, 0.25) is 0 Å². The monoisotopic (exact) mass is 152 g/mol. The SMILES string of the molecule is Cn1cc(CNC2CC2)nn1. The summed E-state index contributed by atoms with van der Waals surface area (Å²) < 4.78 is 1.73. The lowest BCUT2D eigenvalue weighted by molar-refractivity contribution is 0.669. The van der Waals surface area contributed by atoms with E-state index in [0.717, 1.165) is 18.3 Å². The number of hydrogen-bond acceptors (Lipinski definition) is 3. The molecule has 0 atom stereocenters. The molecule has 1 fully saturated rings. The van der Waals surface area contributed by atoms with Gasteiger partial charge in [-0.2, -0.15) is 0 Å². The third-order valence-corrected chi connectivity index (χ3v) is 1.80. The smallest absolute Gasteiger partial charge is 0.0964 e. The maximum atomic E-state index is 3.97. The van der Waals surface area contributed by atoms with Gasteiger partial charge in [0.15, 0.2) is 0 Å². The van der Waals surface area contributed by atoms with Crippen molar-refractivity contribution in [1.82, 2.24) is 20.3 Å². The van der Waals surface area contributed by atoms with Crippen LogP contribution in [0.3, 0.4) is 0 Å². The average molecular weight is 152 g/mol. The maximum Gasteiger partial charge on any atom is 0.0964 e. The van der Waals surface area contributed by atoms with E-state index in [9.17, 15) is 0 Å². The average Bonchev–Trinajstić information content (AvgIpc) is 2.72. The molecule has 0 spiro atoms. The number of aryl methyl sites for hydroxylation is 1. The minimum Gasteiger partial charge on any atom is -0.308 e. The molecular formula is C7H12N4. The van der Waals surface area contributed by atoms with Crippen molar-refractivity contribution in [1.29, 1.82) is 0 Å². The number of rotatable bonds is 3. The summed E-state index contributed by atoms with van der Waals surface area (Å²) in [5, 5.41) is 11.2. The van der Waals surface area contributed by atoms with Gasteiger partial charge in [0.1, 0.15) is 0 Å². The number of hydrogen-bond donors (Lipinski definition) is 1. The Labute approximate surface area is 65.6 Å². The largest absolute Gasteiger partial charge is 0.308 e. The minimum absolute atomic E-state index is 0.747. The Hall–Kier alpha value is -0.900. The van der Waals surface area contributed by atoms with Gasteiger partial charge in [0, 0.05) is 25.8 Å². The highest BCUT2D eigenvalue weighted by molar-refractivity contribution is 4.93. The summed E-state index contributed by atoms with van der Waals surface area (Å²) in [7, 11) is 1.88. The first-order valence-corrected chi connectivity index (χ1v) is 3.93. The van der Waals surface area contributed by atoms with Crippen molar-refractivity contribution >= 4 is 0 Å². The van der Waals surface area contributed by atoms with Crippen LogP contribution in [0.5, 0.6) is 0 Å². The molecule has 1 saturated carbocycles. The molecule has 0 saturated heterocycles. The van der Waals surface area contributed by atoms with Crippen molar-refractivity contribution in [2.24, 2.45) is 7.05 Å². The van der Waals surface area contributed by atoms with E-state index in [2.05, 4.69) is 15.6 Å². The second-order valence-electron chi connectivity index (χ2n) is 3.04. The standard InChI is InChI=1S/C7H12N4/c1-11-5-7(9-10-11)4-8-6-2-3-6/h5-6,8H,2-4H2,1H3. The van der Waals surface area contributed by atoms with E-state index in [4.69, 9.17) is 0 Å². The van der Waals surface area contributed by atoms with Crippen LogP contribution in [-0.2, 0) is 13.6 Å². The van der Waals surface area contributed by atoms with Crippen molar-refractivity contribution in [3.05, 3.63) is 11.9 Å². The molecule has 60 valence electrons. The zero-order chi connectivity index (χ0) is 7.68. The summed E-state index contributed by atoms with van der Waals surface area (Å²) in [6, 6.07) is 0.747. The second-order valence-corrected chi connectivity index (χ2v) is 3.04. The van der Waals surface area contributed by atoms with Gasteiger partial charge in [-0.15, -0.1) is 5.10 Å². The number of nitrogens with zero attached hydrogens (tertiary/aromatic N) is 3. The Morgan fingerprint density at radius 2 is 2.55 bits per heavy atom. The molecule has 1 aliphatic rings. The third-order valence-electron chi connectivity index (χ3n) is 1.80. The van der Waals surface area contributed by atoms with Crippen LogP contribution in [0, 0.1) is 0 Å². The Balaban J connectivity index is 1.85. The fraction of sp³-hybridized carbons (Fsp3) is 0.714. The Morgan fingerprint density at radius 3 is 3.09 bits per heavy atom. The summed E-state index contributed by atoms with van der Waals surface area (Å²) in [5.41, 5.74) is 1.03. The molecule has 1 aromatic heterocycles. The fourth-order valence-electron chi connectivity index (χ4n) is 1.01. The molecule has 1 aromatic rings. The second kappa shape index (κ2) is 2.62. The van der Waals surface area contributed by atoms with E-state index in [0.29, 0.717) is 0 Å². The summed E-state index contributed by atoms with van der Waals surface area (Å²) in [4.78, 5) is 0. The molecule has 0 radical (unpaired) electrons. The van der Waals surface area contributed by atoms with Crippen LogP contribution < -0.4 is 5.32 Å². The molecule has 11 heavy (non-hydrogen) atoms. The van der Waals surface area contributed by atoms with Crippen LogP contribution in [0.15, 0.2) is 6.20 Å². The lowest BCUT2D eigenvalue weighted by atomic mass is 10.4. The van der Waals surface area contributed by atoms with Crippen molar-refractivity contribution < 1.29 is 0 Å². The van der Waals surface area contributed by atoms with Crippen LogP contribution in [0.1, 0.15) is 18.5 Å². The van der Waals surface area contributed by atoms with Gasteiger partial charge >= 0.3 is 0 Å². The number of nitrogens with one attached hydrogen (secondary N) is 1. The van der Waals surface area contributed by atoms with Crippen LogP contribution >= 0.6 is 0 Å². The highest BCUT2D eigenvalue weighted by Gasteiger charge is 2.20. The van der Waals surface area contributed by atoms with Crippen LogP contribution in [0.4, 0.5) is 0 Å². The first-order valence-electron chi connectivity index (χ1n) is 3.93. The Morgan fingerprint density at radius 1 is 1.73 bits per heavy atom. The van der Waals surface area contributed by atoms with Gasteiger partial charge < -0.3 is 5.32 Å². The van der Waals surface area contributed by atoms with E-state index in [1.165, 1.54) is 12.8 Å². The molecule has 1 N–H and O–H groups in total. The van der Waals surface area contributed by atoms with Crippen LogP contribution in [0.25, 0.3) is 0 Å². The summed E-state index contributed by atoms with van der Waals surface area (Å²) in [6.45, 7) is 0.860. The molecule has 0 amide bonds. The minimum atomic E-state index is 0.747. The van der Waals surface area contributed by atoms with E-state index < -0.39 is 0 Å². The first kappa shape index (κ1) is 6.79. The van der Waals surface area contributed by atoms with Gasteiger partial charge in [-0.05, 0) is 12.8 Å². The van der Waals surface area contributed by atoms with E-state index in [1.807, 2.05) is 13.2 Å². The molecule has 4 heteroatoms. The normalized spacial score (nSPS) is 17.2. The third kappa shape index (κ3) is 1.77. The molecule has 1 aliphatic carbocycles. The lowest BCUT2D eigenvalue weighted by Crippen LogP contribution is -2.15. The molecule has 0 unspecified atom stereocenters. The predicted molar refractivity (Wildman–Crippen MR) is 40.9 cm³/mol. The van der Waals surface area contributed by atoms with Gasteiger partial charge in [-0.3, -0.25) is 4.68 Å². The van der Waals surface area contributed by atoms with Crippen molar-refractivity contribution in [2.45, 2.75) is 25.4 Å². The summed E-state index contributed by atoms with van der Waals surface area (Å²) >= 11 is 0. The van der Waals surface area contributed by atoms with E-state index >= 15 is 0 Å². The molecular weight excluding hydrogens is 140 g/mol. The fourth-order valence-corrected chi connectivity index (χ4v) is 1.01. The quantitative estimate of drug-likeness (QED) is 0.666. The molecule has 2 rings (SSSR count). The Kier molecular flexibility index (Phi) is 1.62. The highest BCUT2D eigenvalue weighted by Crippen LogP contribution is 2.18. The van der Waals surface area contributed by atoms with Gasteiger partial charge in [0.05, 0.1) is 5.69 Å². The molecule has 4 nitrogen and oxygen atoms in total. The van der Waals surface area contributed by atoms with Crippen molar-refractivity contribution in [3.8, 4) is 0 Å². The molecule has 0 aliphatic heterocycles. The zero-order valence-corrected chi connectivity index (χ0v) is 6.62. The summed E-state index contributed by atoms with van der Waals surface area (Å²) in [6.07, 6.45) is 4.58. The summed E-state index contributed by atoms with van der Waals surface area (Å²) in [5.74, 6) is 0. The van der Waals surface area contributed by atoms with Crippen molar-refractivity contribution in [2.75, 3.05) is 0 Å².